The monoisotopic (exact) mass is 412 g/mol. The Morgan fingerprint density at radius 2 is 2.21 bits per heavy atom. The number of piperazine rings is 1. The molecule has 1 aromatic rings. The lowest BCUT2D eigenvalue weighted by Crippen LogP contribution is -2.52. The SMILES string of the molecule is C[C@@H]1CN(CC(=O)N2CCc3cc(Br)c(SN(C)C)cc32)CCN1. The van der Waals surface area contributed by atoms with Crippen molar-refractivity contribution in [2.24, 2.45) is 0 Å². The van der Waals surface area contributed by atoms with Crippen LogP contribution in [0.25, 0.3) is 0 Å². The van der Waals surface area contributed by atoms with E-state index in [1.165, 1.54) is 5.56 Å². The van der Waals surface area contributed by atoms with Gasteiger partial charge < -0.3 is 10.2 Å². The molecule has 0 bridgehead atoms. The minimum Gasteiger partial charge on any atom is -0.312 e. The summed E-state index contributed by atoms with van der Waals surface area (Å²) in [6.45, 7) is 6.31. The van der Waals surface area contributed by atoms with Gasteiger partial charge in [-0.2, -0.15) is 0 Å². The van der Waals surface area contributed by atoms with Gasteiger partial charge in [0.2, 0.25) is 5.91 Å². The number of halogens is 1. The fraction of sp³-hybridized carbons (Fsp3) is 0.588. The van der Waals surface area contributed by atoms with Crippen LogP contribution in [-0.2, 0) is 11.2 Å². The van der Waals surface area contributed by atoms with E-state index in [4.69, 9.17) is 0 Å². The van der Waals surface area contributed by atoms with Crippen LogP contribution in [0.2, 0.25) is 0 Å². The van der Waals surface area contributed by atoms with Crippen LogP contribution in [0.3, 0.4) is 0 Å². The summed E-state index contributed by atoms with van der Waals surface area (Å²) in [6, 6.07) is 4.77. The van der Waals surface area contributed by atoms with E-state index in [2.05, 4.69) is 49.5 Å². The first kappa shape index (κ1) is 18.2. The van der Waals surface area contributed by atoms with Crippen molar-refractivity contribution in [3.63, 3.8) is 0 Å². The predicted molar refractivity (Wildman–Crippen MR) is 104 cm³/mol. The highest BCUT2D eigenvalue weighted by Crippen LogP contribution is 2.38. The molecule has 5 nitrogen and oxygen atoms in total. The lowest BCUT2D eigenvalue weighted by atomic mass is 10.2. The molecule has 1 fully saturated rings. The summed E-state index contributed by atoms with van der Waals surface area (Å²) in [5.74, 6) is 0.214. The minimum absolute atomic E-state index is 0.214. The van der Waals surface area contributed by atoms with E-state index in [9.17, 15) is 4.79 Å². The normalized spacial score (nSPS) is 21.4. The minimum atomic E-state index is 0.214. The van der Waals surface area contributed by atoms with Crippen molar-refractivity contribution in [3.05, 3.63) is 22.2 Å². The summed E-state index contributed by atoms with van der Waals surface area (Å²) in [4.78, 5) is 18.2. The maximum absolute atomic E-state index is 12.8. The Labute approximate surface area is 157 Å². The van der Waals surface area contributed by atoms with E-state index in [1.807, 2.05) is 19.0 Å². The van der Waals surface area contributed by atoms with E-state index in [-0.39, 0.29) is 5.91 Å². The van der Waals surface area contributed by atoms with E-state index >= 15 is 0 Å². The fourth-order valence-electron chi connectivity index (χ4n) is 3.35. The van der Waals surface area contributed by atoms with Crippen molar-refractivity contribution in [3.8, 4) is 0 Å². The summed E-state index contributed by atoms with van der Waals surface area (Å²) in [6.07, 6.45) is 0.935. The highest BCUT2D eigenvalue weighted by atomic mass is 79.9. The van der Waals surface area contributed by atoms with Gasteiger partial charge in [-0.15, -0.1) is 0 Å². The summed E-state index contributed by atoms with van der Waals surface area (Å²) < 4.78 is 3.17. The average Bonchev–Trinajstić information content (AvgIpc) is 2.90. The summed E-state index contributed by atoms with van der Waals surface area (Å²) in [7, 11) is 4.05. The lowest BCUT2D eigenvalue weighted by molar-refractivity contribution is -0.119. The Morgan fingerprint density at radius 3 is 2.92 bits per heavy atom. The Kier molecular flexibility index (Phi) is 5.87. The van der Waals surface area contributed by atoms with Crippen LogP contribution in [0.5, 0.6) is 0 Å². The van der Waals surface area contributed by atoms with Crippen molar-refractivity contribution in [1.82, 2.24) is 14.5 Å². The number of carbonyl (C=O) groups excluding carboxylic acids is 1. The third kappa shape index (κ3) is 4.14. The first-order valence-corrected chi connectivity index (χ1v) is 9.94. The van der Waals surface area contributed by atoms with Gasteiger partial charge in [-0.1, -0.05) is 0 Å². The van der Waals surface area contributed by atoms with Crippen LogP contribution in [0.1, 0.15) is 12.5 Å². The number of hydrogen-bond donors (Lipinski definition) is 1. The van der Waals surface area contributed by atoms with Gasteiger partial charge in [-0.25, -0.2) is 0 Å². The summed E-state index contributed by atoms with van der Waals surface area (Å²) in [5, 5.41) is 3.42. The molecular formula is C17H25BrN4OS. The molecule has 1 amide bonds. The number of carbonyl (C=O) groups is 1. The molecule has 2 aliphatic heterocycles. The fourth-order valence-corrected chi connectivity index (χ4v) is 4.66. The van der Waals surface area contributed by atoms with Gasteiger partial charge >= 0.3 is 0 Å². The maximum atomic E-state index is 12.8. The predicted octanol–water partition coefficient (Wildman–Crippen LogP) is 2.20. The van der Waals surface area contributed by atoms with Crippen LogP contribution >= 0.6 is 27.9 Å². The van der Waals surface area contributed by atoms with Crippen molar-refractivity contribution in [2.45, 2.75) is 24.3 Å². The smallest absolute Gasteiger partial charge is 0.241 e. The van der Waals surface area contributed by atoms with Crippen molar-refractivity contribution >= 4 is 39.5 Å². The second-order valence-corrected chi connectivity index (χ2v) is 8.91. The number of benzene rings is 1. The maximum Gasteiger partial charge on any atom is 0.241 e. The van der Waals surface area contributed by atoms with Gasteiger partial charge in [0.1, 0.15) is 0 Å². The lowest BCUT2D eigenvalue weighted by Gasteiger charge is -2.32. The van der Waals surface area contributed by atoms with Gasteiger partial charge in [-0.3, -0.25) is 14.0 Å². The highest BCUT2D eigenvalue weighted by Gasteiger charge is 2.28. The van der Waals surface area contributed by atoms with Crippen molar-refractivity contribution in [1.29, 1.82) is 0 Å². The molecule has 0 saturated carbocycles. The molecule has 1 aromatic carbocycles. The highest BCUT2D eigenvalue weighted by molar-refractivity contribution is 9.10. The number of fused-ring (bicyclic) bond motifs is 1. The zero-order valence-corrected chi connectivity index (χ0v) is 16.9. The van der Waals surface area contributed by atoms with Crippen LogP contribution in [0, 0.1) is 0 Å². The van der Waals surface area contributed by atoms with E-state index in [0.29, 0.717) is 12.6 Å². The molecule has 2 heterocycles. The molecule has 132 valence electrons. The van der Waals surface area contributed by atoms with Gasteiger partial charge in [0.15, 0.2) is 0 Å². The Balaban J connectivity index is 1.74. The van der Waals surface area contributed by atoms with Crippen molar-refractivity contribution in [2.75, 3.05) is 51.7 Å². The first-order valence-electron chi connectivity index (χ1n) is 8.38. The zero-order valence-electron chi connectivity index (χ0n) is 14.5. The largest absolute Gasteiger partial charge is 0.312 e. The molecule has 1 atom stereocenters. The van der Waals surface area contributed by atoms with Crippen LogP contribution < -0.4 is 10.2 Å². The molecule has 7 heteroatoms. The van der Waals surface area contributed by atoms with E-state index in [0.717, 1.165) is 47.7 Å². The Bertz CT molecular complexity index is 625. The molecule has 0 aliphatic carbocycles. The van der Waals surface area contributed by atoms with Gasteiger partial charge in [0, 0.05) is 47.3 Å². The molecule has 1 saturated heterocycles. The first-order chi connectivity index (χ1) is 11.4. The number of rotatable bonds is 4. The average molecular weight is 413 g/mol. The molecule has 0 radical (unpaired) electrons. The number of amides is 1. The number of nitrogens with one attached hydrogen (secondary N) is 1. The molecule has 2 aliphatic rings. The second-order valence-electron chi connectivity index (χ2n) is 6.70. The third-order valence-electron chi connectivity index (χ3n) is 4.42. The molecule has 0 unspecified atom stereocenters. The summed E-state index contributed by atoms with van der Waals surface area (Å²) in [5.41, 5.74) is 2.34. The van der Waals surface area contributed by atoms with Crippen LogP contribution in [0.15, 0.2) is 21.5 Å². The van der Waals surface area contributed by atoms with Crippen LogP contribution in [0.4, 0.5) is 5.69 Å². The van der Waals surface area contributed by atoms with Gasteiger partial charge in [0.05, 0.1) is 6.54 Å². The van der Waals surface area contributed by atoms with Crippen molar-refractivity contribution < 1.29 is 4.79 Å². The zero-order chi connectivity index (χ0) is 17.3. The third-order valence-corrected chi connectivity index (χ3v) is 6.24. The van der Waals surface area contributed by atoms with Gasteiger partial charge in [-0.05, 0) is 73.0 Å². The summed E-state index contributed by atoms with van der Waals surface area (Å²) >= 11 is 5.33. The second kappa shape index (κ2) is 7.74. The number of anilines is 1. The standard InChI is InChI=1S/C17H25BrN4OS/c1-12-10-21(7-5-19-12)11-17(23)22-6-4-13-8-14(18)16(9-15(13)22)24-20(2)3/h8-9,12,19H,4-7,10-11H2,1-3H3/t12-/m1/s1. The van der Waals surface area contributed by atoms with Gasteiger partial charge in [0.25, 0.3) is 0 Å². The van der Waals surface area contributed by atoms with E-state index < -0.39 is 0 Å². The van der Waals surface area contributed by atoms with Crippen LogP contribution in [-0.4, -0.2) is 68.0 Å². The Morgan fingerprint density at radius 1 is 1.42 bits per heavy atom. The van der Waals surface area contributed by atoms with E-state index in [1.54, 1.807) is 11.9 Å². The molecular weight excluding hydrogens is 388 g/mol. The molecule has 0 aromatic heterocycles. The molecule has 3 rings (SSSR count). The molecule has 24 heavy (non-hydrogen) atoms. The molecule has 1 N–H and O–H groups in total. The number of nitrogens with zero attached hydrogens (tertiary/aromatic N) is 3. The molecule has 0 spiro atoms. The number of hydrogen-bond acceptors (Lipinski definition) is 5. The Hall–Kier alpha value is -0.600. The topological polar surface area (TPSA) is 38.8 Å². The quantitative estimate of drug-likeness (QED) is 0.767.